The van der Waals surface area contributed by atoms with E-state index in [0.29, 0.717) is 5.56 Å². The Labute approximate surface area is 220 Å². The van der Waals surface area contributed by atoms with Crippen molar-refractivity contribution in [3.8, 4) is 5.75 Å². The van der Waals surface area contributed by atoms with Gasteiger partial charge in [0.15, 0.2) is 0 Å². The summed E-state index contributed by atoms with van der Waals surface area (Å²) in [5, 5.41) is 11.2. The van der Waals surface area contributed by atoms with Crippen molar-refractivity contribution in [2.45, 2.75) is 30.8 Å². The van der Waals surface area contributed by atoms with Gasteiger partial charge in [-0.15, -0.1) is 0 Å². The van der Waals surface area contributed by atoms with Crippen LogP contribution in [0.1, 0.15) is 28.3 Å². The molecule has 1 aromatic heterocycles. The second-order valence-corrected chi connectivity index (χ2v) is 9.36. The van der Waals surface area contributed by atoms with Gasteiger partial charge in [0, 0.05) is 11.8 Å². The summed E-state index contributed by atoms with van der Waals surface area (Å²) >= 11 is 0. The van der Waals surface area contributed by atoms with Gasteiger partial charge in [-0.2, -0.15) is 0 Å². The Balaban J connectivity index is 1.52. The smallest absolute Gasteiger partial charge is 0.328 e. The van der Waals surface area contributed by atoms with Crippen molar-refractivity contribution >= 4 is 0 Å². The Morgan fingerprint density at radius 2 is 1.53 bits per heavy atom. The van der Waals surface area contributed by atoms with Crippen LogP contribution in [0.5, 0.6) is 5.75 Å². The van der Waals surface area contributed by atoms with E-state index in [9.17, 15) is 14.7 Å². The SMILES string of the molecule is COc1ccc(C(OCC2OC[C@H](n3cc(C)c(=O)[nH]c3=O)C2O)(c2ccccc2)c2ccccc2)cc1. The number of rotatable bonds is 8. The Morgan fingerprint density at radius 3 is 2.11 bits per heavy atom. The van der Waals surface area contributed by atoms with E-state index in [-0.39, 0.29) is 13.2 Å². The number of nitrogens with one attached hydrogen (secondary N) is 1. The molecule has 1 fully saturated rings. The van der Waals surface area contributed by atoms with E-state index >= 15 is 0 Å². The lowest BCUT2D eigenvalue weighted by Crippen LogP contribution is -2.41. The zero-order valence-corrected chi connectivity index (χ0v) is 21.2. The lowest BCUT2D eigenvalue weighted by atomic mass is 9.80. The predicted octanol–water partition coefficient (Wildman–Crippen LogP) is 3.16. The molecule has 0 saturated carbocycles. The molecule has 4 aromatic rings. The highest BCUT2D eigenvalue weighted by Crippen LogP contribution is 2.41. The summed E-state index contributed by atoms with van der Waals surface area (Å²) in [4.78, 5) is 26.6. The van der Waals surface area contributed by atoms with Crippen molar-refractivity contribution < 1.29 is 19.3 Å². The number of aliphatic hydroxyl groups is 1. The highest BCUT2D eigenvalue weighted by molar-refractivity contribution is 5.48. The molecule has 38 heavy (non-hydrogen) atoms. The number of aliphatic hydroxyl groups excluding tert-OH is 1. The van der Waals surface area contributed by atoms with E-state index in [4.69, 9.17) is 14.2 Å². The molecule has 3 aromatic carbocycles. The highest BCUT2D eigenvalue weighted by atomic mass is 16.6. The molecule has 0 bridgehead atoms. The molecule has 8 heteroatoms. The third-order valence-corrected chi connectivity index (χ3v) is 7.08. The van der Waals surface area contributed by atoms with Gasteiger partial charge in [0.05, 0.1) is 26.4 Å². The first-order valence-electron chi connectivity index (χ1n) is 12.5. The largest absolute Gasteiger partial charge is 0.497 e. The van der Waals surface area contributed by atoms with Gasteiger partial charge in [0.2, 0.25) is 0 Å². The molecule has 5 rings (SSSR count). The normalized spacial score (nSPS) is 19.4. The van der Waals surface area contributed by atoms with E-state index in [0.717, 1.165) is 22.4 Å². The van der Waals surface area contributed by atoms with Gasteiger partial charge in [-0.05, 0) is 35.7 Å². The van der Waals surface area contributed by atoms with E-state index in [1.165, 1.54) is 10.8 Å². The fraction of sp³-hybridized carbons (Fsp3) is 0.267. The predicted molar refractivity (Wildman–Crippen MR) is 143 cm³/mol. The maximum absolute atomic E-state index is 12.5. The summed E-state index contributed by atoms with van der Waals surface area (Å²) in [7, 11) is 1.62. The first-order valence-corrected chi connectivity index (χ1v) is 12.5. The number of methoxy groups -OCH3 is 1. The molecule has 1 aliphatic heterocycles. The molecule has 2 N–H and O–H groups in total. The molecule has 0 amide bonds. The molecule has 1 saturated heterocycles. The standard InChI is InChI=1S/C30H30N2O6/c1-20-17-32(29(35)31-28(20)34)25-18-37-26(27(25)33)19-38-30(21-9-5-3-6-10-21,22-11-7-4-8-12-22)23-13-15-24(36-2)16-14-23/h3-17,25-27,33H,18-19H2,1-2H3,(H,31,34,35)/t25-,26?,27?/m0/s1. The maximum atomic E-state index is 12.5. The van der Waals surface area contributed by atoms with Crippen LogP contribution >= 0.6 is 0 Å². The summed E-state index contributed by atoms with van der Waals surface area (Å²) in [6, 6.07) is 26.8. The van der Waals surface area contributed by atoms with Crippen molar-refractivity contribution in [2.75, 3.05) is 20.3 Å². The Hall–Kier alpha value is -3.98. The van der Waals surface area contributed by atoms with Crippen LogP contribution in [0.25, 0.3) is 0 Å². The Morgan fingerprint density at radius 1 is 0.947 bits per heavy atom. The number of benzene rings is 3. The summed E-state index contributed by atoms with van der Waals surface area (Å²) < 4.78 is 19.5. The van der Waals surface area contributed by atoms with Crippen molar-refractivity contribution in [1.82, 2.24) is 9.55 Å². The maximum Gasteiger partial charge on any atom is 0.328 e. The van der Waals surface area contributed by atoms with Crippen LogP contribution in [0.2, 0.25) is 0 Å². The van der Waals surface area contributed by atoms with E-state index in [2.05, 4.69) is 4.98 Å². The van der Waals surface area contributed by atoms with Crippen LogP contribution in [0, 0.1) is 6.92 Å². The van der Waals surface area contributed by atoms with Crippen molar-refractivity contribution in [3.05, 3.63) is 134 Å². The zero-order valence-electron chi connectivity index (χ0n) is 21.2. The minimum Gasteiger partial charge on any atom is -0.497 e. The molecule has 3 atom stereocenters. The number of H-pyrrole nitrogens is 1. The number of ether oxygens (including phenoxy) is 3. The quantitative estimate of drug-likeness (QED) is 0.350. The highest BCUT2D eigenvalue weighted by Gasteiger charge is 2.42. The number of nitrogens with zero attached hydrogens (tertiary/aromatic N) is 1. The van der Waals surface area contributed by atoms with Crippen LogP contribution < -0.4 is 16.0 Å². The van der Waals surface area contributed by atoms with Gasteiger partial charge in [0.1, 0.15) is 23.6 Å². The summed E-state index contributed by atoms with van der Waals surface area (Å²) in [5.74, 6) is 0.725. The Kier molecular flexibility index (Phi) is 7.28. The lowest BCUT2D eigenvalue weighted by Gasteiger charge is -2.37. The topological polar surface area (TPSA) is 103 Å². The molecule has 196 valence electrons. The molecule has 2 heterocycles. The molecule has 0 spiro atoms. The van der Waals surface area contributed by atoms with Crippen LogP contribution in [0.4, 0.5) is 0 Å². The molecule has 0 radical (unpaired) electrons. The average molecular weight is 515 g/mol. The van der Waals surface area contributed by atoms with Crippen LogP contribution in [0.15, 0.2) is 101 Å². The number of aromatic amines is 1. The van der Waals surface area contributed by atoms with Gasteiger partial charge < -0.3 is 19.3 Å². The van der Waals surface area contributed by atoms with Crippen LogP contribution in [-0.2, 0) is 15.1 Å². The number of aryl methyl sites for hydroxylation is 1. The van der Waals surface area contributed by atoms with Crippen LogP contribution in [-0.4, -0.2) is 47.2 Å². The van der Waals surface area contributed by atoms with E-state index in [1.807, 2.05) is 84.9 Å². The molecular formula is C30H30N2O6. The van der Waals surface area contributed by atoms with Crippen LogP contribution in [0.3, 0.4) is 0 Å². The first-order chi connectivity index (χ1) is 18.4. The first kappa shape index (κ1) is 25.7. The van der Waals surface area contributed by atoms with Gasteiger partial charge in [-0.3, -0.25) is 14.3 Å². The number of hydrogen-bond acceptors (Lipinski definition) is 6. The molecule has 8 nitrogen and oxygen atoms in total. The fourth-order valence-electron chi connectivity index (χ4n) is 5.02. The summed E-state index contributed by atoms with van der Waals surface area (Å²) in [6.45, 7) is 1.76. The van der Waals surface area contributed by atoms with Gasteiger partial charge in [0.25, 0.3) is 5.56 Å². The van der Waals surface area contributed by atoms with E-state index in [1.54, 1.807) is 14.0 Å². The molecular weight excluding hydrogens is 484 g/mol. The van der Waals surface area contributed by atoms with E-state index < -0.39 is 35.1 Å². The van der Waals surface area contributed by atoms with Crippen molar-refractivity contribution in [3.63, 3.8) is 0 Å². The fourth-order valence-corrected chi connectivity index (χ4v) is 5.02. The lowest BCUT2D eigenvalue weighted by molar-refractivity contribution is -0.0706. The molecule has 2 unspecified atom stereocenters. The van der Waals surface area contributed by atoms with Gasteiger partial charge in [-0.1, -0.05) is 72.8 Å². The Bertz CT molecular complexity index is 1440. The third kappa shape index (κ3) is 4.69. The number of hydrogen-bond donors (Lipinski definition) is 2. The zero-order chi connectivity index (χ0) is 26.7. The molecule has 1 aliphatic rings. The minimum atomic E-state index is -1.03. The van der Waals surface area contributed by atoms with Crippen molar-refractivity contribution in [1.29, 1.82) is 0 Å². The third-order valence-electron chi connectivity index (χ3n) is 7.08. The average Bonchev–Trinajstić information content (AvgIpc) is 3.32. The van der Waals surface area contributed by atoms with Gasteiger partial charge in [-0.25, -0.2) is 4.79 Å². The molecule has 0 aliphatic carbocycles. The summed E-state index contributed by atoms with van der Waals surface area (Å²) in [5.41, 5.74) is 1.03. The number of aromatic nitrogens is 2. The van der Waals surface area contributed by atoms with Gasteiger partial charge >= 0.3 is 5.69 Å². The second kappa shape index (κ2) is 10.8. The monoisotopic (exact) mass is 514 g/mol. The summed E-state index contributed by atoms with van der Waals surface area (Å²) in [6.07, 6.45) is -0.278. The second-order valence-electron chi connectivity index (χ2n) is 9.36. The van der Waals surface area contributed by atoms with Crippen molar-refractivity contribution in [2.24, 2.45) is 0 Å². The minimum absolute atomic E-state index is 0.0462.